The maximum atomic E-state index is 12.0. The molecule has 7 heteroatoms. The average molecular weight is 304 g/mol. The third kappa shape index (κ3) is 4.02. The minimum absolute atomic E-state index is 0.0267. The minimum atomic E-state index is -3.77. The quantitative estimate of drug-likeness (QED) is 0.870. The first kappa shape index (κ1) is 16.1. The first-order chi connectivity index (χ1) is 8.66. The molecule has 0 fully saturated rings. The summed E-state index contributed by atoms with van der Waals surface area (Å²) in [5.74, 6) is 0.110. The molecule has 0 aromatic carbocycles. The third-order valence-corrected chi connectivity index (χ3v) is 5.47. The largest absolute Gasteiger partial charge is 0.349 e. The summed E-state index contributed by atoms with van der Waals surface area (Å²) in [5, 5.41) is 7.96. The van der Waals surface area contributed by atoms with Gasteiger partial charge in [-0.15, -0.1) is 11.3 Å². The zero-order valence-corrected chi connectivity index (χ0v) is 13.2. The molecule has 1 aromatic rings. The van der Waals surface area contributed by atoms with E-state index in [0.29, 0.717) is 15.7 Å². The molecule has 1 amide bonds. The average Bonchev–Trinajstić information content (AvgIpc) is 2.69. The van der Waals surface area contributed by atoms with Gasteiger partial charge < -0.3 is 5.32 Å². The molecular weight excluding hydrogens is 284 g/mol. The van der Waals surface area contributed by atoms with Crippen molar-refractivity contribution < 1.29 is 13.2 Å². The van der Waals surface area contributed by atoms with Gasteiger partial charge in [-0.2, -0.15) is 0 Å². The number of hydrogen-bond donors (Lipinski definition) is 2. The number of nitrogens with two attached hydrogens (primary N) is 1. The van der Waals surface area contributed by atoms with Crippen molar-refractivity contribution in [2.75, 3.05) is 0 Å². The Hall–Kier alpha value is -0.920. The van der Waals surface area contributed by atoms with Crippen molar-refractivity contribution in [1.82, 2.24) is 5.32 Å². The molecule has 0 bridgehead atoms. The topological polar surface area (TPSA) is 89.3 Å². The predicted octanol–water partition coefficient (Wildman–Crippen LogP) is 1.87. The highest BCUT2D eigenvalue weighted by Crippen LogP contribution is 2.25. The van der Waals surface area contributed by atoms with Gasteiger partial charge in [-0.1, -0.05) is 20.3 Å². The molecule has 108 valence electrons. The summed E-state index contributed by atoms with van der Waals surface area (Å²) >= 11 is 1.14. The van der Waals surface area contributed by atoms with Crippen LogP contribution in [0.15, 0.2) is 11.0 Å². The van der Waals surface area contributed by atoms with Crippen LogP contribution in [0.3, 0.4) is 0 Å². The summed E-state index contributed by atoms with van der Waals surface area (Å²) in [4.78, 5) is 13.0. The lowest BCUT2D eigenvalue weighted by atomic mass is 10.0. The van der Waals surface area contributed by atoms with Crippen LogP contribution in [-0.4, -0.2) is 20.4 Å². The van der Waals surface area contributed by atoms with E-state index in [2.05, 4.69) is 19.2 Å². The number of hydrogen-bond acceptors (Lipinski definition) is 4. The molecule has 0 aliphatic rings. The zero-order valence-electron chi connectivity index (χ0n) is 11.6. The van der Waals surface area contributed by atoms with Crippen LogP contribution in [0.25, 0.3) is 0 Å². The smallest absolute Gasteiger partial charge is 0.261 e. The van der Waals surface area contributed by atoms with Crippen LogP contribution in [0.1, 0.15) is 41.7 Å². The van der Waals surface area contributed by atoms with E-state index in [1.54, 1.807) is 6.92 Å². The van der Waals surface area contributed by atoms with E-state index >= 15 is 0 Å². The molecule has 0 aliphatic carbocycles. The van der Waals surface area contributed by atoms with Gasteiger partial charge in [0.1, 0.15) is 0 Å². The van der Waals surface area contributed by atoms with E-state index in [1.807, 2.05) is 6.92 Å². The molecule has 1 rings (SSSR count). The van der Waals surface area contributed by atoms with Gasteiger partial charge in [0.05, 0.1) is 9.77 Å². The van der Waals surface area contributed by atoms with Crippen molar-refractivity contribution in [3.8, 4) is 0 Å². The standard InChI is InChI=1S/C12H20N2O3S2/c1-5-7(2)8(3)14-12(15)10-6-11(9(4)18-10)19(13,16)17/h6-8H,5H2,1-4H3,(H,14,15)(H2,13,16,17). The van der Waals surface area contributed by atoms with E-state index in [0.717, 1.165) is 17.8 Å². The van der Waals surface area contributed by atoms with Gasteiger partial charge in [0.2, 0.25) is 10.0 Å². The highest BCUT2D eigenvalue weighted by molar-refractivity contribution is 7.89. The highest BCUT2D eigenvalue weighted by atomic mass is 32.2. The van der Waals surface area contributed by atoms with E-state index in [4.69, 9.17) is 5.14 Å². The Morgan fingerprint density at radius 1 is 1.47 bits per heavy atom. The molecule has 0 aliphatic heterocycles. The first-order valence-corrected chi connectivity index (χ1v) is 8.47. The molecule has 3 N–H and O–H groups in total. The SMILES string of the molecule is CCC(C)C(C)NC(=O)c1cc(S(N)(=O)=O)c(C)s1. The maximum Gasteiger partial charge on any atom is 0.261 e. The second-order valence-corrected chi connectivity index (χ2v) is 7.51. The van der Waals surface area contributed by atoms with Gasteiger partial charge in [-0.3, -0.25) is 4.79 Å². The van der Waals surface area contributed by atoms with Gasteiger partial charge in [-0.05, 0) is 25.8 Å². The second kappa shape index (κ2) is 6.02. The van der Waals surface area contributed by atoms with Gasteiger partial charge in [0.25, 0.3) is 5.91 Å². The first-order valence-electron chi connectivity index (χ1n) is 6.10. The minimum Gasteiger partial charge on any atom is -0.349 e. The van der Waals surface area contributed by atoms with Gasteiger partial charge >= 0.3 is 0 Å². The number of rotatable bonds is 5. The van der Waals surface area contributed by atoms with Crippen LogP contribution >= 0.6 is 11.3 Å². The molecule has 2 atom stereocenters. The molecule has 5 nitrogen and oxygen atoms in total. The zero-order chi connectivity index (χ0) is 14.8. The van der Waals surface area contributed by atoms with E-state index in [-0.39, 0.29) is 16.8 Å². The Balaban J connectivity index is 2.91. The van der Waals surface area contributed by atoms with Gasteiger partial charge in [-0.25, -0.2) is 13.6 Å². The second-order valence-electron chi connectivity index (χ2n) is 4.72. The number of aryl methyl sites for hydroxylation is 1. The Morgan fingerprint density at radius 2 is 2.05 bits per heavy atom. The summed E-state index contributed by atoms with van der Waals surface area (Å²) in [5.41, 5.74) is 0. The Kier molecular flexibility index (Phi) is 5.11. The molecule has 0 radical (unpaired) electrons. The number of carbonyl (C=O) groups is 1. The molecule has 0 spiro atoms. The summed E-state index contributed by atoms with van der Waals surface area (Å²) in [7, 11) is -3.77. The fourth-order valence-corrected chi connectivity index (χ4v) is 3.68. The summed E-state index contributed by atoms with van der Waals surface area (Å²) in [6.07, 6.45) is 0.966. The monoisotopic (exact) mass is 304 g/mol. The number of thiophene rings is 1. The summed E-state index contributed by atoms with van der Waals surface area (Å²) in [6.45, 7) is 7.69. The lowest BCUT2D eigenvalue weighted by molar-refractivity contribution is 0.0932. The van der Waals surface area contributed by atoms with Crippen molar-refractivity contribution in [3.05, 3.63) is 15.8 Å². The van der Waals surface area contributed by atoms with Crippen molar-refractivity contribution in [3.63, 3.8) is 0 Å². The maximum absolute atomic E-state index is 12.0. The Labute approximate surface area is 118 Å². The van der Waals surface area contributed by atoms with E-state index in [1.165, 1.54) is 6.07 Å². The lowest BCUT2D eigenvalue weighted by Crippen LogP contribution is -2.36. The van der Waals surface area contributed by atoms with Crippen molar-refractivity contribution in [1.29, 1.82) is 0 Å². The molecule has 2 unspecified atom stereocenters. The highest BCUT2D eigenvalue weighted by Gasteiger charge is 2.21. The van der Waals surface area contributed by atoms with Gasteiger partial charge in [0.15, 0.2) is 0 Å². The number of carbonyl (C=O) groups excluding carboxylic acids is 1. The molecule has 1 heterocycles. The van der Waals surface area contributed by atoms with Crippen molar-refractivity contribution in [2.24, 2.45) is 11.1 Å². The number of amides is 1. The lowest BCUT2D eigenvalue weighted by Gasteiger charge is -2.19. The third-order valence-electron chi connectivity index (χ3n) is 3.26. The molecule has 1 aromatic heterocycles. The van der Waals surface area contributed by atoms with Crippen LogP contribution in [0.2, 0.25) is 0 Å². The van der Waals surface area contributed by atoms with Crippen LogP contribution < -0.4 is 10.5 Å². The van der Waals surface area contributed by atoms with Crippen LogP contribution in [0.4, 0.5) is 0 Å². The predicted molar refractivity (Wildman–Crippen MR) is 76.8 cm³/mol. The van der Waals surface area contributed by atoms with Gasteiger partial charge in [0, 0.05) is 10.9 Å². The number of nitrogens with one attached hydrogen (secondary N) is 1. The van der Waals surface area contributed by atoms with Crippen LogP contribution in [0.5, 0.6) is 0 Å². The molecular formula is C12H20N2O3S2. The normalized spacial score (nSPS) is 15.0. The fraction of sp³-hybridized carbons (Fsp3) is 0.583. The molecule has 19 heavy (non-hydrogen) atoms. The Bertz CT molecular complexity index is 564. The number of sulfonamides is 1. The van der Waals surface area contributed by atoms with Crippen molar-refractivity contribution in [2.45, 2.75) is 45.1 Å². The molecule has 0 saturated carbocycles. The van der Waals surface area contributed by atoms with E-state index in [9.17, 15) is 13.2 Å². The summed E-state index contributed by atoms with van der Waals surface area (Å²) in [6, 6.07) is 1.38. The van der Waals surface area contributed by atoms with Crippen molar-refractivity contribution >= 4 is 27.3 Å². The Morgan fingerprint density at radius 3 is 2.47 bits per heavy atom. The summed E-state index contributed by atoms with van der Waals surface area (Å²) < 4.78 is 22.6. The molecule has 0 saturated heterocycles. The van der Waals surface area contributed by atoms with E-state index < -0.39 is 10.0 Å². The number of primary sulfonamides is 1. The fourth-order valence-electron chi connectivity index (χ4n) is 1.63. The van der Waals surface area contributed by atoms with Crippen LogP contribution in [-0.2, 0) is 10.0 Å². The van der Waals surface area contributed by atoms with Crippen LogP contribution in [0, 0.1) is 12.8 Å².